The summed E-state index contributed by atoms with van der Waals surface area (Å²) in [7, 11) is 0. The zero-order valence-electron chi connectivity index (χ0n) is 10.1. The first-order chi connectivity index (χ1) is 9.39. The van der Waals surface area contributed by atoms with Crippen molar-refractivity contribution in [1.82, 2.24) is 0 Å². The molecule has 0 aliphatic carbocycles. The van der Waals surface area contributed by atoms with Crippen molar-refractivity contribution in [2.45, 2.75) is 6.36 Å². The largest absolute Gasteiger partial charge is 0.573 e. The first kappa shape index (κ1) is 13.7. The average Bonchev–Trinajstić information content (AvgIpc) is 2.36. The average molecular weight is 278 g/mol. The Hall–Kier alpha value is -2.68. The molecule has 2 aromatic rings. The van der Waals surface area contributed by atoms with Crippen LogP contribution in [0, 0.1) is 11.3 Å². The van der Waals surface area contributed by atoms with Crippen LogP contribution in [0.1, 0.15) is 5.56 Å². The van der Waals surface area contributed by atoms with Gasteiger partial charge in [0.1, 0.15) is 5.75 Å². The predicted octanol–water partition coefficient (Wildman–Crippen LogP) is 3.71. The van der Waals surface area contributed by atoms with Crippen molar-refractivity contribution in [2.24, 2.45) is 0 Å². The molecule has 6 heteroatoms. The number of nitrogens with zero attached hydrogens (tertiary/aromatic N) is 1. The standard InChI is InChI=1S/C14H9F3N2O/c15-14(16,17)20-11-6-9(8-18)5-10(7-11)12-3-1-2-4-13(12)19/h1-7H,19H2. The Morgan fingerprint density at radius 2 is 1.80 bits per heavy atom. The summed E-state index contributed by atoms with van der Waals surface area (Å²) in [5.41, 5.74) is 7.17. The summed E-state index contributed by atoms with van der Waals surface area (Å²) in [6.45, 7) is 0. The summed E-state index contributed by atoms with van der Waals surface area (Å²) in [5.74, 6) is -0.449. The highest BCUT2D eigenvalue weighted by Gasteiger charge is 2.31. The van der Waals surface area contributed by atoms with Crippen LogP contribution in [0.5, 0.6) is 5.75 Å². The summed E-state index contributed by atoms with van der Waals surface area (Å²) in [4.78, 5) is 0. The van der Waals surface area contributed by atoms with E-state index >= 15 is 0 Å². The smallest absolute Gasteiger partial charge is 0.406 e. The third-order valence-electron chi connectivity index (χ3n) is 2.54. The number of nitrogens with two attached hydrogens (primary N) is 1. The van der Waals surface area contributed by atoms with Gasteiger partial charge in [0.2, 0.25) is 0 Å². The Labute approximate surface area is 113 Å². The number of nitriles is 1. The van der Waals surface area contributed by atoms with Gasteiger partial charge < -0.3 is 10.5 Å². The Balaban J connectivity index is 2.52. The molecule has 0 heterocycles. The van der Waals surface area contributed by atoms with Crippen LogP contribution >= 0.6 is 0 Å². The second-order valence-corrected chi connectivity index (χ2v) is 3.99. The van der Waals surface area contributed by atoms with Gasteiger partial charge in [-0.2, -0.15) is 5.26 Å². The van der Waals surface area contributed by atoms with Crippen LogP contribution in [0.2, 0.25) is 0 Å². The highest BCUT2D eigenvalue weighted by Crippen LogP contribution is 2.32. The lowest BCUT2D eigenvalue weighted by molar-refractivity contribution is -0.274. The third-order valence-corrected chi connectivity index (χ3v) is 2.54. The van der Waals surface area contributed by atoms with E-state index in [-0.39, 0.29) is 5.56 Å². The predicted molar refractivity (Wildman–Crippen MR) is 67.7 cm³/mol. The summed E-state index contributed by atoms with van der Waals surface area (Å²) < 4.78 is 40.6. The molecule has 0 aromatic heterocycles. The number of alkyl halides is 3. The lowest BCUT2D eigenvalue weighted by Crippen LogP contribution is -2.17. The molecule has 0 aliphatic heterocycles. The third kappa shape index (κ3) is 3.20. The van der Waals surface area contributed by atoms with Gasteiger partial charge in [-0.3, -0.25) is 0 Å². The fourth-order valence-corrected chi connectivity index (χ4v) is 1.77. The van der Waals surface area contributed by atoms with E-state index in [1.807, 2.05) is 0 Å². The molecule has 0 unspecified atom stereocenters. The number of anilines is 1. The molecule has 2 rings (SSSR count). The molecule has 3 nitrogen and oxygen atoms in total. The fraction of sp³-hybridized carbons (Fsp3) is 0.0714. The summed E-state index contributed by atoms with van der Waals surface area (Å²) >= 11 is 0. The van der Waals surface area contributed by atoms with Crippen LogP contribution < -0.4 is 10.5 Å². The number of benzene rings is 2. The Morgan fingerprint density at radius 1 is 1.10 bits per heavy atom. The number of hydrogen-bond donors (Lipinski definition) is 1. The molecule has 2 N–H and O–H groups in total. The van der Waals surface area contributed by atoms with E-state index in [9.17, 15) is 13.2 Å². The first-order valence-corrected chi connectivity index (χ1v) is 5.55. The molecule has 0 fully saturated rings. The normalized spacial score (nSPS) is 10.9. The van der Waals surface area contributed by atoms with E-state index < -0.39 is 12.1 Å². The first-order valence-electron chi connectivity index (χ1n) is 5.55. The minimum atomic E-state index is -4.81. The van der Waals surface area contributed by atoms with Gasteiger partial charge in [-0.25, -0.2) is 0 Å². The summed E-state index contributed by atoms with van der Waals surface area (Å²) in [6, 6.07) is 12.2. The Kier molecular flexibility index (Phi) is 3.53. The second kappa shape index (κ2) is 5.13. The van der Waals surface area contributed by atoms with E-state index in [1.54, 1.807) is 30.3 Å². The van der Waals surface area contributed by atoms with Crippen molar-refractivity contribution in [3.63, 3.8) is 0 Å². The lowest BCUT2D eigenvalue weighted by Gasteiger charge is -2.12. The topological polar surface area (TPSA) is 59.0 Å². The van der Waals surface area contributed by atoms with Crippen molar-refractivity contribution in [3.05, 3.63) is 48.0 Å². The van der Waals surface area contributed by atoms with Crippen molar-refractivity contribution < 1.29 is 17.9 Å². The lowest BCUT2D eigenvalue weighted by atomic mass is 10.0. The van der Waals surface area contributed by atoms with Crippen LogP contribution in [0.4, 0.5) is 18.9 Å². The number of ether oxygens (including phenoxy) is 1. The van der Waals surface area contributed by atoms with Gasteiger partial charge in [-0.05, 0) is 29.8 Å². The molecule has 0 spiro atoms. The van der Waals surface area contributed by atoms with Gasteiger partial charge in [-0.15, -0.1) is 13.2 Å². The molecule has 20 heavy (non-hydrogen) atoms. The quantitative estimate of drug-likeness (QED) is 0.852. The SMILES string of the molecule is N#Cc1cc(OC(F)(F)F)cc(-c2ccccc2N)c1. The Bertz CT molecular complexity index is 675. The highest BCUT2D eigenvalue weighted by molar-refractivity contribution is 5.77. The van der Waals surface area contributed by atoms with Crippen LogP contribution in [-0.4, -0.2) is 6.36 Å². The molecule has 0 atom stereocenters. The maximum absolute atomic E-state index is 12.3. The van der Waals surface area contributed by atoms with Crippen molar-refractivity contribution in [3.8, 4) is 22.9 Å². The molecule has 0 radical (unpaired) electrons. The molecule has 0 amide bonds. The molecule has 2 aromatic carbocycles. The van der Waals surface area contributed by atoms with Gasteiger partial charge in [0.15, 0.2) is 0 Å². The minimum Gasteiger partial charge on any atom is -0.406 e. The minimum absolute atomic E-state index is 0.0602. The van der Waals surface area contributed by atoms with Crippen LogP contribution in [-0.2, 0) is 0 Å². The fourth-order valence-electron chi connectivity index (χ4n) is 1.77. The van der Waals surface area contributed by atoms with Gasteiger partial charge in [-0.1, -0.05) is 18.2 Å². The molecule has 102 valence electrons. The molecule has 0 saturated carbocycles. The number of rotatable bonds is 2. The van der Waals surface area contributed by atoms with Crippen molar-refractivity contribution in [2.75, 3.05) is 5.73 Å². The van der Waals surface area contributed by atoms with Gasteiger partial charge in [0.25, 0.3) is 0 Å². The Morgan fingerprint density at radius 3 is 2.40 bits per heavy atom. The number of halogens is 3. The molecule has 0 aliphatic rings. The van der Waals surface area contributed by atoms with Gasteiger partial charge in [0, 0.05) is 11.3 Å². The van der Waals surface area contributed by atoms with E-state index in [0.717, 1.165) is 6.07 Å². The van der Waals surface area contributed by atoms with Crippen molar-refractivity contribution >= 4 is 5.69 Å². The number of para-hydroxylation sites is 1. The highest BCUT2D eigenvalue weighted by atomic mass is 19.4. The maximum Gasteiger partial charge on any atom is 0.573 e. The summed E-state index contributed by atoms with van der Waals surface area (Å²) in [5, 5.41) is 8.88. The van der Waals surface area contributed by atoms with Crippen LogP contribution in [0.3, 0.4) is 0 Å². The second-order valence-electron chi connectivity index (χ2n) is 3.99. The van der Waals surface area contributed by atoms with Crippen LogP contribution in [0.15, 0.2) is 42.5 Å². The zero-order valence-corrected chi connectivity index (χ0v) is 10.1. The van der Waals surface area contributed by atoms with E-state index in [1.165, 1.54) is 12.1 Å². The molecule has 0 saturated heterocycles. The maximum atomic E-state index is 12.3. The van der Waals surface area contributed by atoms with E-state index in [2.05, 4.69) is 4.74 Å². The molecular formula is C14H9F3N2O. The molecule has 0 bridgehead atoms. The number of nitrogen functional groups attached to an aromatic ring is 1. The summed E-state index contributed by atoms with van der Waals surface area (Å²) in [6.07, 6.45) is -4.81. The van der Waals surface area contributed by atoms with Gasteiger partial charge in [0.05, 0.1) is 11.6 Å². The zero-order chi connectivity index (χ0) is 14.8. The van der Waals surface area contributed by atoms with E-state index in [0.29, 0.717) is 16.8 Å². The van der Waals surface area contributed by atoms with Crippen molar-refractivity contribution in [1.29, 1.82) is 5.26 Å². The monoisotopic (exact) mass is 278 g/mol. The van der Waals surface area contributed by atoms with Gasteiger partial charge >= 0.3 is 6.36 Å². The number of hydrogen-bond acceptors (Lipinski definition) is 3. The van der Waals surface area contributed by atoms with Crippen LogP contribution in [0.25, 0.3) is 11.1 Å². The van der Waals surface area contributed by atoms with E-state index in [4.69, 9.17) is 11.0 Å². The molecular weight excluding hydrogens is 269 g/mol.